The molecule has 2 aromatic carbocycles. The lowest BCUT2D eigenvalue weighted by molar-refractivity contribution is 0.0696. The van der Waals surface area contributed by atoms with Crippen LogP contribution in [0.25, 0.3) is 0 Å². The summed E-state index contributed by atoms with van der Waals surface area (Å²) in [6, 6.07) is 11.6. The highest BCUT2D eigenvalue weighted by Crippen LogP contribution is 2.45. The first-order valence-corrected chi connectivity index (χ1v) is 10.7. The van der Waals surface area contributed by atoms with E-state index in [2.05, 4.69) is 43.5 Å². The molecular formula is C20H23NO3S2. The predicted molar refractivity (Wildman–Crippen MR) is 109 cm³/mol. The van der Waals surface area contributed by atoms with Crippen molar-refractivity contribution >= 4 is 29.5 Å². The van der Waals surface area contributed by atoms with Crippen LogP contribution < -0.4 is 4.74 Å². The van der Waals surface area contributed by atoms with E-state index in [9.17, 15) is 9.90 Å². The van der Waals surface area contributed by atoms with Crippen LogP contribution in [0.15, 0.2) is 41.3 Å². The Labute approximate surface area is 162 Å². The molecular weight excluding hydrogens is 366 g/mol. The van der Waals surface area contributed by atoms with Crippen molar-refractivity contribution in [1.82, 2.24) is 4.90 Å². The van der Waals surface area contributed by atoms with Crippen LogP contribution >= 0.6 is 23.5 Å². The molecule has 0 aromatic heterocycles. The lowest BCUT2D eigenvalue weighted by Crippen LogP contribution is -2.16. The number of thioether (sulfide) groups is 2. The molecule has 4 nitrogen and oxygen atoms in total. The number of carbonyl (C=O) groups is 1. The third-order valence-corrected chi connectivity index (χ3v) is 6.37. The van der Waals surface area contributed by atoms with Crippen molar-refractivity contribution in [2.24, 2.45) is 0 Å². The molecule has 0 radical (unpaired) electrons. The van der Waals surface area contributed by atoms with Gasteiger partial charge in [0.25, 0.3) is 0 Å². The number of ether oxygens (including phenoxy) is 1. The monoisotopic (exact) mass is 389 g/mol. The Hall–Kier alpha value is -1.63. The Morgan fingerprint density at radius 3 is 2.73 bits per heavy atom. The van der Waals surface area contributed by atoms with Gasteiger partial charge in [-0.25, -0.2) is 4.79 Å². The van der Waals surface area contributed by atoms with Crippen molar-refractivity contribution in [2.75, 3.05) is 32.6 Å². The third kappa shape index (κ3) is 4.19. The largest absolute Gasteiger partial charge is 0.489 e. The first-order chi connectivity index (χ1) is 12.5. The molecule has 1 N–H and O–H groups in total. The topological polar surface area (TPSA) is 49.8 Å². The zero-order valence-electron chi connectivity index (χ0n) is 15.2. The molecule has 0 bridgehead atoms. The normalized spacial score (nSPS) is 15.8. The minimum absolute atomic E-state index is 0.0637. The van der Waals surface area contributed by atoms with Crippen molar-refractivity contribution < 1.29 is 14.6 Å². The van der Waals surface area contributed by atoms with Crippen LogP contribution in [0.4, 0.5) is 0 Å². The fourth-order valence-electron chi connectivity index (χ4n) is 2.95. The average molecular weight is 390 g/mol. The van der Waals surface area contributed by atoms with Gasteiger partial charge in [0.2, 0.25) is 0 Å². The van der Waals surface area contributed by atoms with Crippen molar-refractivity contribution in [3.63, 3.8) is 0 Å². The van der Waals surface area contributed by atoms with Crippen LogP contribution in [-0.4, -0.2) is 48.6 Å². The maximum atomic E-state index is 11.5. The number of benzene rings is 2. The first-order valence-electron chi connectivity index (χ1n) is 8.42. The molecule has 0 saturated carbocycles. The second-order valence-corrected chi connectivity index (χ2v) is 8.56. The summed E-state index contributed by atoms with van der Waals surface area (Å²) in [5.74, 6) is 0.823. The molecule has 1 unspecified atom stereocenters. The predicted octanol–water partition coefficient (Wildman–Crippen LogP) is 4.38. The Balaban J connectivity index is 2.07. The highest BCUT2D eigenvalue weighted by Gasteiger charge is 2.26. The number of fused-ring (bicyclic) bond motifs is 2. The van der Waals surface area contributed by atoms with Crippen molar-refractivity contribution in [1.29, 1.82) is 0 Å². The summed E-state index contributed by atoms with van der Waals surface area (Å²) in [7, 11) is 4.13. The average Bonchev–Trinajstić information content (AvgIpc) is 2.77. The van der Waals surface area contributed by atoms with E-state index in [4.69, 9.17) is 4.74 Å². The third-order valence-electron chi connectivity index (χ3n) is 4.38. The van der Waals surface area contributed by atoms with Gasteiger partial charge in [-0.15, -0.1) is 23.5 Å². The summed E-state index contributed by atoms with van der Waals surface area (Å²) in [6.07, 6.45) is 2.07. The van der Waals surface area contributed by atoms with E-state index in [1.54, 1.807) is 30.0 Å². The Bertz CT molecular complexity index is 808. The number of carboxylic acids is 1. The molecule has 6 heteroatoms. The van der Waals surface area contributed by atoms with E-state index in [0.29, 0.717) is 12.2 Å². The van der Waals surface area contributed by atoms with E-state index in [-0.39, 0.29) is 5.25 Å². The van der Waals surface area contributed by atoms with Gasteiger partial charge in [-0.3, -0.25) is 0 Å². The van der Waals surface area contributed by atoms with Gasteiger partial charge in [-0.1, -0.05) is 6.07 Å². The highest BCUT2D eigenvalue weighted by molar-refractivity contribution is 7.99. The Kier molecular flexibility index (Phi) is 6.16. The number of hydrogen-bond acceptors (Lipinski definition) is 5. The quantitative estimate of drug-likeness (QED) is 0.740. The molecule has 2 aromatic rings. The molecule has 0 amide bonds. The van der Waals surface area contributed by atoms with E-state index in [1.165, 1.54) is 16.0 Å². The van der Waals surface area contributed by atoms with Gasteiger partial charge >= 0.3 is 5.97 Å². The van der Waals surface area contributed by atoms with Crippen LogP contribution in [0.5, 0.6) is 5.75 Å². The fourth-order valence-corrected chi connectivity index (χ4v) is 4.87. The van der Waals surface area contributed by atoms with Gasteiger partial charge in [-0.05, 0) is 61.8 Å². The molecule has 1 heterocycles. The lowest BCUT2D eigenvalue weighted by atomic mass is 9.98. The summed E-state index contributed by atoms with van der Waals surface area (Å²) < 4.78 is 6.02. The summed E-state index contributed by atoms with van der Waals surface area (Å²) >= 11 is 3.56. The van der Waals surface area contributed by atoms with Crippen LogP contribution in [0, 0.1) is 0 Å². The summed E-state index contributed by atoms with van der Waals surface area (Å²) in [4.78, 5) is 14.8. The van der Waals surface area contributed by atoms with Gasteiger partial charge in [0, 0.05) is 22.8 Å². The SMILES string of the molecule is CSc1ccc2c(c1)C(SCCN(C)C)c1cc(C(=O)O)ccc1OC2. The Morgan fingerprint density at radius 2 is 2.04 bits per heavy atom. The smallest absolute Gasteiger partial charge is 0.335 e. The van der Waals surface area contributed by atoms with E-state index in [1.807, 2.05) is 11.8 Å². The number of hydrogen-bond donors (Lipinski definition) is 1. The van der Waals surface area contributed by atoms with Crippen molar-refractivity contribution in [3.8, 4) is 5.75 Å². The van der Waals surface area contributed by atoms with E-state index >= 15 is 0 Å². The standard InChI is InChI=1S/C20H23NO3S2/c1-21(2)8-9-26-19-16-11-15(25-3)6-4-14(16)12-24-18-7-5-13(20(22)23)10-17(18)19/h4-7,10-11,19H,8-9,12H2,1-3H3,(H,22,23). The maximum Gasteiger partial charge on any atom is 0.335 e. The number of nitrogens with zero attached hydrogens (tertiary/aromatic N) is 1. The molecule has 0 fully saturated rings. The maximum absolute atomic E-state index is 11.5. The fraction of sp³-hybridized carbons (Fsp3) is 0.350. The van der Waals surface area contributed by atoms with Gasteiger partial charge in [0.15, 0.2) is 0 Å². The second kappa shape index (κ2) is 8.37. The molecule has 0 spiro atoms. The molecule has 1 aliphatic rings. The van der Waals surface area contributed by atoms with Crippen LogP contribution in [0.1, 0.15) is 32.3 Å². The second-order valence-electron chi connectivity index (χ2n) is 6.47. The molecule has 26 heavy (non-hydrogen) atoms. The van der Waals surface area contributed by atoms with Gasteiger partial charge in [0.05, 0.1) is 10.8 Å². The zero-order valence-corrected chi connectivity index (χ0v) is 16.8. The lowest BCUT2D eigenvalue weighted by Gasteiger charge is -2.21. The van der Waals surface area contributed by atoms with E-state index in [0.717, 1.165) is 23.6 Å². The molecule has 0 saturated heterocycles. The van der Waals surface area contributed by atoms with Crippen LogP contribution in [-0.2, 0) is 6.61 Å². The van der Waals surface area contributed by atoms with Gasteiger partial charge in [0.1, 0.15) is 12.4 Å². The van der Waals surface area contributed by atoms with Gasteiger partial charge < -0.3 is 14.7 Å². The number of carboxylic acid groups (broad SMARTS) is 1. The van der Waals surface area contributed by atoms with Crippen molar-refractivity contribution in [3.05, 3.63) is 58.7 Å². The van der Waals surface area contributed by atoms with Crippen LogP contribution in [0.3, 0.4) is 0 Å². The van der Waals surface area contributed by atoms with Gasteiger partial charge in [-0.2, -0.15) is 0 Å². The minimum Gasteiger partial charge on any atom is -0.489 e. The van der Waals surface area contributed by atoms with E-state index < -0.39 is 5.97 Å². The molecule has 138 valence electrons. The number of rotatable bonds is 6. The first kappa shape index (κ1) is 19.1. The van der Waals surface area contributed by atoms with Crippen LogP contribution in [0.2, 0.25) is 0 Å². The van der Waals surface area contributed by atoms with Crippen molar-refractivity contribution in [2.45, 2.75) is 16.8 Å². The summed E-state index contributed by atoms with van der Waals surface area (Å²) in [5.41, 5.74) is 3.64. The molecule has 3 rings (SSSR count). The summed E-state index contributed by atoms with van der Waals surface area (Å²) in [5, 5.41) is 9.48. The number of aromatic carboxylic acids is 1. The molecule has 0 aliphatic carbocycles. The molecule has 1 atom stereocenters. The molecule has 1 aliphatic heterocycles. The zero-order chi connectivity index (χ0) is 18.7. The Morgan fingerprint density at radius 1 is 1.23 bits per heavy atom. The highest BCUT2D eigenvalue weighted by atomic mass is 32.2. The summed E-state index contributed by atoms with van der Waals surface area (Å²) in [6.45, 7) is 1.47. The minimum atomic E-state index is -0.910.